The van der Waals surface area contributed by atoms with Gasteiger partial charge in [0.05, 0.1) is 5.69 Å². The van der Waals surface area contributed by atoms with Crippen LogP contribution in [0, 0.1) is 6.92 Å². The van der Waals surface area contributed by atoms with Gasteiger partial charge in [-0.3, -0.25) is 4.98 Å². The molecule has 0 amide bonds. The summed E-state index contributed by atoms with van der Waals surface area (Å²) < 4.78 is 0. The summed E-state index contributed by atoms with van der Waals surface area (Å²) in [7, 11) is 0. The molecule has 0 aliphatic heterocycles. The molecule has 78 valence electrons. The van der Waals surface area contributed by atoms with Crippen molar-refractivity contribution in [3.05, 3.63) is 60.0 Å². The van der Waals surface area contributed by atoms with Crippen LogP contribution in [-0.4, -0.2) is 4.98 Å². The van der Waals surface area contributed by atoms with Crippen molar-refractivity contribution in [1.82, 2.24) is 4.98 Å². The van der Waals surface area contributed by atoms with E-state index in [0.29, 0.717) is 0 Å². The Hall–Kier alpha value is -1.63. The maximum absolute atomic E-state index is 4.38. The molecule has 0 fully saturated rings. The highest BCUT2D eigenvalue weighted by atomic mass is 14.7. The highest BCUT2D eigenvalue weighted by Crippen LogP contribution is 2.14. The third kappa shape index (κ3) is 3.55. The number of nitrogens with zero attached hydrogens (tertiary/aromatic N) is 1. The number of aryl methyl sites for hydroxylation is 1. The summed E-state index contributed by atoms with van der Waals surface area (Å²) in [5.41, 5.74) is 4.35. The number of hydrogen-bond acceptors (Lipinski definition) is 1. The van der Waals surface area contributed by atoms with E-state index in [1.807, 2.05) is 45.2 Å². The summed E-state index contributed by atoms with van der Waals surface area (Å²) in [5.74, 6) is 0. The van der Waals surface area contributed by atoms with E-state index >= 15 is 0 Å². The van der Waals surface area contributed by atoms with Crippen molar-refractivity contribution in [2.24, 2.45) is 0 Å². The molecule has 0 aliphatic carbocycles. The Bertz CT molecular complexity index is 394. The predicted octanol–water partition coefficient (Wildman–Crippen LogP) is 3.93. The van der Waals surface area contributed by atoms with Crippen molar-refractivity contribution >= 4 is 5.57 Å². The average Bonchev–Trinajstić information content (AvgIpc) is 2.21. The fraction of sp³-hybridized carbons (Fsp3) is 0.214. The molecule has 1 nitrogen and oxygen atoms in total. The van der Waals surface area contributed by atoms with E-state index < -0.39 is 0 Å². The normalized spacial score (nSPS) is 12.1. The van der Waals surface area contributed by atoms with Crippen LogP contribution in [0.1, 0.15) is 25.1 Å². The standard InChI is InChI=1S/C14H17N/c1-5-13(8-6-11(2)3)14-9-7-12(4)10-15-14/h5-10H,2H2,1,3-4H3/b8-6-,13-5+. The zero-order chi connectivity index (χ0) is 11.3. The lowest BCUT2D eigenvalue weighted by atomic mass is 10.1. The summed E-state index contributed by atoms with van der Waals surface area (Å²) >= 11 is 0. The number of rotatable bonds is 3. The molecule has 0 unspecified atom stereocenters. The lowest BCUT2D eigenvalue weighted by Crippen LogP contribution is -1.86. The third-order valence-corrected chi connectivity index (χ3v) is 2.07. The molecule has 0 N–H and O–H groups in total. The van der Waals surface area contributed by atoms with Gasteiger partial charge >= 0.3 is 0 Å². The van der Waals surface area contributed by atoms with Crippen molar-refractivity contribution in [2.75, 3.05) is 0 Å². The van der Waals surface area contributed by atoms with Crippen LogP contribution in [-0.2, 0) is 0 Å². The van der Waals surface area contributed by atoms with Crippen LogP contribution in [0.2, 0.25) is 0 Å². The van der Waals surface area contributed by atoms with Gasteiger partial charge in [0.1, 0.15) is 0 Å². The van der Waals surface area contributed by atoms with Crippen LogP contribution in [0.4, 0.5) is 0 Å². The molecular formula is C14H17N. The Morgan fingerprint density at radius 2 is 2.07 bits per heavy atom. The molecule has 1 aromatic heterocycles. The lowest BCUT2D eigenvalue weighted by molar-refractivity contribution is 1.23. The van der Waals surface area contributed by atoms with Crippen LogP contribution in [0.5, 0.6) is 0 Å². The van der Waals surface area contributed by atoms with Crippen molar-refractivity contribution in [1.29, 1.82) is 0 Å². The number of aromatic nitrogens is 1. The zero-order valence-corrected chi connectivity index (χ0v) is 9.62. The first-order valence-electron chi connectivity index (χ1n) is 5.06. The molecule has 0 aromatic carbocycles. The summed E-state index contributed by atoms with van der Waals surface area (Å²) in [6.45, 7) is 9.86. The van der Waals surface area contributed by atoms with Crippen LogP contribution >= 0.6 is 0 Å². The van der Waals surface area contributed by atoms with Gasteiger partial charge in [-0.2, -0.15) is 0 Å². The zero-order valence-electron chi connectivity index (χ0n) is 9.62. The van der Waals surface area contributed by atoms with Gasteiger partial charge in [-0.1, -0.05) is 36.4 Å². The lowest BCUT2D eigenvalue weighted by Gasteiger charge is -2.01. The van der Waals surface area contributed by atoms with E-state index in [2.05, 4.69) is 23.7 Å². The van der Waals surface area contributed by atoms with Crippen molar-refractivity contribution < 1.29 is 0 Å². The Morgan fingerprint density at radius 1 is 1.33 bits per heavy atom. The topological polar surface area (TPSA) is 12.9 Å². The summed E-state index contributed by atoms with van der Waals surface area (Å²) in [4.78, 5) is 4.38. The van der Waals surface area contributed by atoms with Crippen LogP contribution in [0.3, 0.4) is 0 Å². The Morgan fingerprint density at radius 3 is 2.53 bits per heavy atom. The highest BCUT2D eigenvalue weighted by Gasteiger charge is 1.97. The maximum atomic E-state index is 4.38. The molecular weight excluding hydrogens is 182 g/mol. The van der Waals surface area contributed by atoms with Gasteiger partial charge in [-0.15, -0.1) is 0 Å². The molecule has 0 radical (unpaired) electrons. The van der Waals surface area contributed by atoms with Gasteiger partial charge in [0.2, 0.25) is 0 Å². The van der Waals surface area contributed by atoms with E-state index in [4.69, 9.17) is 0 Å². The molecule has 0 spiro atoms. The van der Waals surface area contributed by atoms with Gasteiger partial charge in [-0.25, -0.2) is 0 Å². The molecule has 0 saturated heterocycles. The number of allylic oxidation sites excluding steroid dienone is 5. The quantitative estimate of drug-likeness (QED) is 0.672. The smallest absolute Gasteiger partial charge is 0.0698 e. The average molecular weight is 199 g/mol. The monoisotopic (exact) mass is 199 g/mol. The van der Waals surface area contributed by atoms with Gasteiger partial charge in [0.15, 0.2) is 0 Å². The molecule has 1 rings (SSSR count). The van der Waals surface area contributed by atoms with Crippen molar-refractivity contribution in [3.8, 4) is 0 Å². The Kier molecular flexibility index (Phi) is 4.04. The first-order valence-corrected chi connectivity index (χ1v) is 5.06. The van der Waals surface area contributed by atoms with Crippen LogP contribution in [0.25, 0.3) is 5.57 Å². The molecule has 15 heavy (non-hydrogen) atoms. The maximum Gasteiger partial charge on any atom is 0.0698 e. The molecule has 1 aromatic rings. The second-order valence-electron chi connectivity index (χ2n) is 3.64. The molecule has 0 saturated carbocycles. The fourth-order valence-corrected chi connectivity index (χ4v) is 1.20. The van der Waals surface area contributed by atoms with E-state index in [-0.39, 0.29) is 0 Å². The van der Waals surface area contributed by atoms with Gasteiger partial charge in [-0.05, 0) is 38.0 Å². The van der Waals surface area contributed by atoms with Crippen molar-refractivity contribution in [2.45, 2.75) is 20.8 Å². The molecule has 0 atom stereocenters. The Labute approximate surface area is 91.9 Å². The second kappa shape index (κ2) is 5.30. The Balaban J connectivity index is 2.94. The minimum absolute atomic E-state index is 1.00. The second-order valence-corrected chi connectivity index (χ2v) is 3.64. The molecule has 0 aliphatic rings. The number of pyridine rings is 1. The van der Waals surface area contributed by atoms with Crippen molar-refractivity contribution in [3.63, 3.8) is 0 Å². The minimum Gasteiger partial charge on any atom is -0.256 e. The molecule has 1 heterocycles. The van der Waals surface area contributed by atoms with Crippen LogP contribution in [0.15, 0.2) is 48.7 Å². The fourth-order valence-electron chi connectivity index (χ4n) is 1.20. The molecule has 1 heteroatoms. The van der Waals surface area contributed by atoms with Gasteiger partial charge in [0.25, 0.3) is 0 Å². The number of hydrogen-bond donors (Lipinski definition) is 0. The predicted molar refractivity (Wildman–Crippen MR) is 66.6 cm³/mol. The highest BCUT2D eigenvalue weighted by molar-refractivity contribution is 5.71. The molecule has 0 bridgehead atoms. The largest absolute Gasteiger partial charge is 0.256 e. The van der Waals surface area contributed by atoms with E-state index in [1.54, 1.807) is 0 Å². The van der Waals surface area contributed by atoms with Gasteiger partial charge in [0, 0.05) is 6.20 Å². The summed E-state index contributed by atoms with van der Waals surface area (Å²) in [6.07, 6.45) is 7.97. The first kappa shape index (κ1) is 11.4. The van der Waals surface area contributed by atoms with E-state index in [1.165, 1.54) is 5.56 Å². The minimum atomic E-state index is 1.00. The summed E-state index contributed by atoms with van der Waals surface area (Å²) in [5, 5.41) is 0. The van der Waals surface area contributed by atoms with E-state index in [0.717, 1.165) is 16.8 Å². The summed E-state index contributed by atoms with van der Waals surface area (Å²) in [6, 6.07) is 4.11. The van der Waals surface area contributed by atoms with Crippen LogP contribution < -0.4 is 0 Å². The van der Waals surface area contributed by atoms with Gasteiger partial charge < -0.3 is 0 Å². The SMILES string of the molecule is C=C(C)/C=C\C(=C/C)c1ccc(C)cn1. The third-order valence-electron chi connectivity index (χ3n) is 2.07. The van der Waals surface area contributed by atoms with E-state index in [9.17, 15) is 0 Å². The first-order chi connectivity index (χ1) is 7.13.